The van der Waals surface area contributed by atoms with E-state index in [0.717, 1.165) is 31.2 Å². The van der Waals surface area contributed by atoms with Gasteiger partial charge in [0.25, 0.3) is 0 Å². The number of aryl methyl sites for hydroxylation is 1. The number of aromatic nitrogens is 1. The predicted molar refractivity (Wildman–Crippen MR) is 55.8 cm³/mol. The Morgan fingerprint density at radius 1 is 1.50 bits per heavy atom. The first-order valence-electron chi connectivity index (χ1n) is 5.21. The molecular formula is C11H18N2O. The summed E-state index contributed by atoms with van der Waals surface area (Å²) in [7, 11) is 1.95. The number of nitrogens with zero attached hydrogens (tertiary/aromatic N) is 1. The van der Waals surface area contributed by atoms with Crippen molar-refractivity contribution < 1.29 is 5.11 Å². The van der Waals surface area contributed by atoms with Crippen LogP contribution in [0.1, 0.15) is 37.4 Å². The fraction of sp³-hybridized carbons (Fsp3) is 0.636. The van der Waals surface area contributed by atoms with Gasteiger partial charge in [0.15, 0.2) is 0 Å². The van der Waals surface area contributed by atoms with E-state index in [1.807, 2.05) is 30.1 Å². The Balaban J connectivity index is 2.18. The van der Waals surface area contributed by atoms with E-state index in [2.05, 4.69) is 0 Å². The van der Waals surface area contributed by atoms with Gasteiger partial charge in [-0.25, -0.2) is 0 Å². The number of hydrogen-bond acceptors (Lipinski definition) is 2. The maximum absolute atomic E-state index is 10.2. The summed E-state index contributed by atoms with van der Waals surface area (Å²) in [6, 6.07) is 1.94. The monoisotopic (exact) mass is 194 g/mol. The number of aliphatic hydroxyl groups is 1. The zero-order valence-electron chi connectivity index (χ0n) is 8.61. The Bertz CT molecular complexity index is 313. The minimum absolute atomic E-state index is 0.388. The third-order valence-corrected chi connectivity index (χ3v) is 3.25. The van der Waals surface area contributed by atoms with Crippen molar-refractivity contribution in [3.8, 4) is 0 Å². The Morgan fingerprint density at radius 3 is 2.64 bits per heavy atom. The highest BCUT2D eigenvalue weighted by molar-refractivity contribution is 5.19. The summed E-state index contributed by atoms with van der Waals surface area (Å²) in [6.07, 6.45) is 7.52. The molecule has 0 aliphatic heterocycles. The number of nitrogens with two attached hydrogens (primary N) is 1. The molecule has 14 heavy (non-hydrogen) atoms. The summed E-state index contributed by atoms with van der Waals surface area (Å²) in [6.45, 7) is 0. The van der Waals surface area contributed by atoms with Crippen molar-refractivity contribution in [1.82, 2.24) is 4.57 Å². The van der Waals surface area contributed by atoms with Gasteiger partial charge in [-0.3, -0.25) is 0 Å². The third-order valence-electron chi connectivity index (χ3n) is 3.25. The lowest BCUT2D eigenvalue weighted by Crippen LogP contribution is -2.42. The number of aliphatic hydroxyl groups excluding tert-OH is 1. The number of rotatable bonds is 2. The molecule has 78 valence electrons. The lowest BCUT2D eigenvalue weighted by atomic mass is 9.88. The largest absolute Gasteiger partial charge is 0.386 e. The second-order valence-electron chi connectivity index (χ2n) is 4.45. The standard InChI is InChI=1S/C11H18N2O/c1-13-7-4-9(8-13)10(14)11(12)5-2-3-6-11/h4,7-8,10,14H,2-3,5-6,12H2,1H3. The molecule has 1 saturated carbocycles. The first-order chi connectivity index (χ1) is 6.62. The van der Waals surface area contributed by atoms with Crippen molar-refractivity contribution in [2.45, 2.75) is 37.3 Å². The topological polar surface area (TPSA) is 51.2 Å². The molecule has 3 nitrogen and oxygen atoms in total. The maximum atomic E-state index is 10.2. The van der Waals surface area contributed by atoms with Gasteiger partial charge in [-0.05, 0) is 24.5 Å². The van der Waals surface area contributed by atoms with Crippen LogP contribution in [0.3, 0.4) is 0 Å². The highest BCUT2D eigenvalue weighted by Gasteiger charge is 2.37. The first-order valence-corrected chi connectivity index (χ1v) is 5.21. The van der Waals surface area contributed by atoms with Gasteiger partial charge in [0.1, 0.15) is 0 Å². The smallest absolute Gasteiger partial charge is 0.0983 e. The van der Waals surface area contributed by atoms with Gasteiger partial charge in [-0.15, -0.1) is 0 Å². The minimum Gasteiger partial charge on any atom is -0.386 e. The molecule has 1 aliphatic rings. The van der Waals surface area contributed by atoms with Gasteiger partial charge in [0.2, 0.25) is 0 Å². The van der Waals surface area contributed by atoms with Crippen LogP contribution in [0.4, 0.5) is 0 Å². The van der Waals surface area contributed by atoms with Crippen molar-refractivity contribution >= 4 is 0 Å². The second kappa shape index (κ2) is 3.41. The lowest BCUT2D eigenvalue weighted by Gasteiger charge is -2.29. The molecule has 0 aromatic carbocycles. The molecular weight excluding hydrogens is 176 g/mol. The van der Waals surface area contributed by atoms with Crippen molar-refractivity contribution in [3.05, 3.63) is 24.0 Å². The van der Waals surface area contributed by atoms with E-state index in [9.17, 15) is 5.11 Å². The van der Waals surface area contributed by atoms with Crippen LogP contribution in [0.15, 0.2) is 18.5 Å². The van der Waals surface area contributed by atoms with Gasteiger partial charge >= 0.3 is 0 Å². The molecule has 0 amide bonds. The summed E-state index contributed by atoms with van der Waals surface area (Å²) in [5.74, 6) is 0. The molecule has 3 heteroatoms. The first kappa shape index (κ1) is 9.74. The highest BCUT2D eigenvalue weighted by Crippen LogP contribution is 2.37. The molecule has 0 saturated heterocycles. The van der Waals surface area contributed by atoms with Crippen molar-refractivity contribution in [2.24, 2.45) is 12.8 Å². The lowest BCUT2D eigenvalue weighted by molar-refractivity contribution is 0.0872. The molecule has 1 atom stereocenters. The van der Waals surface area contributed by atoms with Crippen LogP contribution in [0.25, 0.3) is 0 Å². The quantitative estimate of drug-likeness (QED) is 0.746. The molecule has 1 heterocycles. The summed E-state index contributed by atoms with van der Waals surface area (Å²) in [5.41, 5.74) is 6.74. The van der Waals surface area contributed by atoms with E-state index in [4.69, 9.17) is 5.73 Å². The van der Waals surface area contributed by atoms with Crippen LogP contribution in [-0.4, -0.2) is 15.2 Å². The molecule has 1 aromatic rings. The van der Waals surface area contributed by atoms with E-state index >= 15 is 0 Å². The van der Waals surface area contributed by atoms with Gasteiger partial charge in [0.05, 0.1) is 6.10 Å². The molecule has 1 aromatic heterocycles. The van der Waals surface area contributed by atoms with Gasteiger partial charge < -0.3 is 15.4 Å². The fourth-order valence-corrected chi connectivity index (χ4v) is 2.33. The Hall–Kier alpha value is -0.800. The molecule has 1 aliphatic carbocycles. The van der Waals surface area contributed by atoms with E-state index in [1.165, 1.54) is 0 Å². The molecule has 0 radical (unpaired) electrons. The van der Waals surface area contributed by atoms with Crippen LogP contribution in [0, 0.1) is 0 Å². The van der Waals surface area contributed by atoms with E-state index in [0.29, 0.717) is 0 Å². The molecule has 3 N–H and O–H groups in total. The van der Waals surface area contributed by atoms with Gasteiger partial charge in [-0.1, -0.05) is 12.8 Å². The Labute approximate surface area is 84.5 Å². The van der Waals surface area contributed by atoms with E-state index in [1.54, 1.807) is 0 Å². The molecule has 0 spiro atoms. The molecule has 0 bridgehead atoms. The Morgan fingerprint density at radius 2 is 2.14 bits per heavy atom. The summed E-state index contributed by atoms with van der Waals surface area (Å²) in [5, 5.41) is 10.2. The molecule has 1 unspecified atom stereocenters. The van der Waals surface area contributed by atoms with Gasteiger partial charge in [-0.2, -0.15) is 0 Å². The molecule has 2 rings (SSSR count). The zero-order valence-corrected chi connectivity index (χ0v) is 8.61. The third kappa shape index (κ3) is 1.57. The van der Waals surface area contributed by atoms with Crippen LogP contribution < -0.4 is 5.73 Å². The zero-order chi connectivity index (χ0) is 10.2. The summed E-state index contributed by atoms with van der Waals surface area (Å²) < 4.78 is 1.94. The normalized spacial score (nSPS) is 22.5. The van der Waals surface area contributed by atoms with E-state index < -0.39 is 6.10 Å². The van der Waals surface area contributed by atoms with Crippen molar-refractivity contribution in [3.63, 3.8) is 0 Å². The number of hydrogen-bond donors (Lipinski definition) is 2. The van der Waals surface area contributed by atoms with Gasteiger partial charge in [0, 0.05) is 25.0 Å². The summed E-state index contributed by atoms with van der Waals surface area (Å²) in [4.78, 5) is 0. The van der Waals surface area contributed by atoms with E-state index in [-0.39, 0.29) is 5.54 Å². The van der Waals surface area contributed by atoms with Crippen LogP contribution >= 0.6 is 0 Å². The predicted octanol–water partition coefficient (Wildman–Crippen LogP) is 1.33. The SMILES string of the molecule is Cn1ccc(C(O)C2(N)CCCC2)c1. The molecule has 1 fully saturated rings. The van der Waals surface area contributed by atoms with Crippen molar-refractivity contribution in [2.75, 3.05) is 0 Å². The summed E-state index contributed by atoms with van der Waals surface area (Å²) >= 11 is 0. The van der Waals surface area contributed by atoms with Crippen molar-refractivity contribution in [1.29, 1.82) is 0 Å². The van der Waals surface area contributed by atoms with Crippen LogP contribution in [0.2, 0.25) is 0 Å². The Kier molecular flexibility index (Phi) is 2.37. The highest BCUT2D eigenvalue weighted by atomic mass is 16.3. The second-order valence-corrected chi connectivity index (χ2v) is 4.45. The van der Waals surface area contributed by atoms with Crippen LogP contribution in [0.5, 0.6) is 0 Å². The average Bonchev–Trinajstić information content (AvgIpc) is 2.74. The maximum Gasteiger partial charge on any atom is 0.0983 e. The minimum atomic E-state index is -0.508. The van der Waals surface area contributed by atoms with Crippen LogP contribution in [-0.2, 0) is 7.05 Å². The average molecular weight is 194 g/mol. The fourth-order valence-electron chi connectivity index (χ4n) is 2.33.